The molecule has 270 valence electrons. The lowest BCUT2D eigenvalue weighted by Crippen LogP contribution is -2.15. The highest BCUT2D eigenvalue weighted by atomic mass is 32.2. The maximum Gasteiger partial charge on any atom is 0.297 e. The molecule has 1 rings (SSSR count). The van der Waals surface area contributed by atoms with Crippen LogP contribution in [-0.2, 0) is 61.7 Å². The zero-order valence-electron chi connectivity index (χ0n) is 28.0. The SMILES string of the molecule is CCCCCOCCOCCOCCOCCOCCOCCOCCOCCOCCOCCOS(=O)(=O)c1ccc(C)cc1. The zero-order valence-corrected chi connectivity index (χ0v) is 28.8. The van der Waals surface area contributed by atoms with Gasteiger partial charge in [-0.3, -0.25) is 4.18 Å². The van der Waals surface area contributed by atoms with E-state index in [1.807, 2.05) is 6.92 Å². The van der Waals surface area contributed by atoms with E-state index >= 15 is 0 Å². The largest absolute Gasteiger partial charge is 0.379 e. The summed E-state index contributed by atoms with van der Waals surface area (Å²) in [6.07, 6.45) is 3.52. The highest BCUT2D eigenvalue weighted by Gasteiger charge is 2.14. The van der Waals surface area contributed by atoms with Gasteiger partial charge in [0.2, 0.25) is 0 Å². The van der Waals surface area contributed by atoms with Crippen LogP contribution in [0.4, 0.5) is 0 Å². The molecule has 0 spiro atoms. The fourth-order valence-corrected chi connectivity index (χ4v) is 4.40. The molecule has 0 aliphatic heterocycles. The lowest BCUT2D eigenvalue weighted by atomic mass is 10.2. The van der Waals surface area contributed by atoms with E-state index < -0.39 is 10.1 Å². The van der Waals surface area contributed by atoms with Gasteiger partial charge in [-0.1, -0.05) is 37.5 Å². The smallest absolute Gasteiger partial charge is 0.297 e. The zero-order chi connectivity index (χ0) is 33.2. The molecule has 14 heteroatoms. The normalized spacial score (nSPS) is 11.9. The minimum absolute atomic E-state index is 0.0569. The van der Waals surface area contributed by atoms with Gasteiger partial charge in [0.1, 0.15) is 0 Å². The molecule has 0 saturated heterocycles. The minimum atomic E-state index is -3.77. The second-order valence-electron chi connectivity index (χ2n) is 9.92. The van der Waals surface area contributed by atoms with Gasteiger partial charge in [-0.15, -0.1) is 0 Å². The highest BCUT2D eigenvalue weighted by molar-refractivity contribution is 7.86. The summed E-state index contributed by atoms with van der Waals surface area (Å²) in [5.74, 6) is 0. The summed E-state index contributed by atoms with van der Waals surface area (Å²) >= 11 is 0. The van der Waals surface area contributed by atoms with E-state index in [0.717, 1.165) is 18.6 Å². The maximum absolute atomic E-state index is 12.1. The van der Waals surface area contributed by atoms with Crippen molar-refractivity contribution in [3.63, 3.8) is 0 Å². The first-order valence-electron chi connectivity index (χ1n) is 16.3. The summed E-state index contributed by atoms with van der Waals surface area (Å²) < 4.78 is 83.6. The average molecular weight is 683 g/mol. The number of hydrogen-bond donors (Lipinski definition) is 0. The molecule has 0 aromatic heterocycles. The standard InChI is InChI=1S/C32H58O13S/c1-3-4-5-10-35-11-12-36-13-14-37-15-16-38-17-18-39-19-20-40-21-22-41-23-24-42-25-26-43-27-28-44-29-30-45-46(33,34)32-8-6-31(2)7-9-32/h6-9H,3-5,10-30H2,1-2H3. The molecule has 1 aromatic rings. The third-order valence-corrected chi connectivity index (χ3v) is 7.34. The molecule has 0 unspecified atom stereocenters. The third kappa shape index (κ3) is 27.8. The second kappa shape index (κ2) is 32.3. The molecule has 46 heavy (non-hydrogen) atoms. The molecule has 0 atom stereocenters. The van der Waals surface area contributed by atoms with E-state index in [1.165, 1.54) is 25.0 Å². The Morgan fingerprint density at radius 1 is 0.413 bits per heavy atom. The van der Waals surface area contributed by atoms with Crippen LogP contribution in [0.2, 0.25) is 0 Å². The van der Waals surface area contributed by atoms with Crippen molar-refractivity contribution in [2.45, 2.75) is 38.0 Å². The van der Waals surface area contributed by atoms with Crippen molar-refractivity contribution < 1.29 is 60.0 Å². The Labute approximate surface area is 276 Å². The van der Waals surface area contributed by atoms with Crippen LogP contribution in [0.15, 0.2) is 29.2 Å². The summed E-state index contributed by atoms with van der Waals surface area (Å²) in [5.41, 5.74) is 0.977. The van der Waals surface area contributed by atoms with E-state index in [0.29, 0.717) is 119 Å². The molecule has 1 aromatic carbocycles. The first-order chi connectivity index (χ1) is 22.6. The Hall–Kier alpha value is -1.27. The van der Waals surface area contributed by atoms with Gasteiger partial charge in [-0.25, -0.2) is 0 Å². The van der Waals surface area contributed by atoms with Gasteiger partial charge in [0.15, 0.2) is 0 Å². The van der Waals surface area contributed by atoms with Crippen LogP contribution in [0.3, 0.4) is 0 Å². The van der Waals surface area contributed by atoms with Crippen LogP contribution in [0.25, 0.3) is 0 Å². The van der Waals surface area contributed by atoms with Gasteiger partial charge >= 0.3 is 0 Å². The molecule has 0 aliphatic carbocycles. The van der Waals surface area contributed by atoms with E-state index in [4.69, 9.17) is 51.6 Å². The van der Waals surface area contributed by atoms with Crippen molar-refractivity contribution in [1.29, 1.82) is 0 Å². The van der Waals surface area contributed by atoms with Crippen LogP contribution < -0.4 is 0 Å². The number of ether oxygens (including phenoxy) is 10. The van der Waals surface area contributed by atoms with Gasteiger partial charge in [0.05, 0.1) is 137 Å². The Morgan fingerprint density at radius 2 is 0.696 bits per heavy atom. The lowest BCUT2D eigenvalue weighted by molar-refractivity contribution is -0.0267. The van der Waals surface area contributed by atoms with E-state index in [1.54, 1.807) is 12.1 Å². The molecule has 0 fully saturated rings. The molecule has 0 heterocycles. The number of unbranched alkanes of at least 4 members (excludes halogenated alkanes) is 2. The summed E-state index contributed by atoms with van der Waals surface area (Å²) in [6.45, 7) is 13.8. The van der Waals surface area contributed by atoms with Crippen LogP contribution in [0.5, 0.6) is 0 Å². The Balaban J connectivity index is 1.68. The molecule has 0 N–H and O–H groups in total. The van der Waals surface area contributed by atoms with Gasteiger partial charge in [-0.05, 0) is 25.5 Å². The molecule has 13 nitrogen and oxygen atoms in total. The summed E-state index contributed by atoms with van der Waals surface area (Å²) in [7, 11) is -3.77. The number of benzene rings is 1. The van der Waals surface area contributed by atoms with E-state index in [-0.39, 0.29) is 18.1 Å². The predicted octanol–water partition coefficient (Wildman–Crippen LogP) is 3.06. The van der Waals surface area contributed by atoms with Crippen LogP contribution in [-0.4, -0.2) is 147 Å². The maximum atomic E-state index is 12.1. The van der Waals surface area contributed by atoms with E-state index in [9.17, 15) is 8.42 Å². The number of rotatable bonds is 36. The van der Waals surface area contributed by atoms with Crippen LogP contribution in [0.1, 0.15) is 31.7 Å². The second-order valence-corrected chi connectivity index (χ2v) is 11.5. The van der Waals surface area contributed by atoms with Gasteiger partial charge in [-0.2, -0.15) is 8.42 Å². The van der Waals surface area contributed by atoms with Crippen molar-refractivity contribution >= 4 is 10.1 Å². The van der Waals surface area contributed by atoms with Gasteiger partial charge in [0.25, 0.3) is 10.1 Å². The van der Waals surface area contributed by atoms with Crippen LogP contribution in [0, 0.1) is 6.92 Å². The molecule has 0 bridgehead atoms. The van der Waals surface area contributed by atoms with Crippen molar-refractivity contribution in [2.24, 2.45) is 0 Å². The first kappa shape index (κ1) is 42.8. The van der Waals surface area contributed by atoms with Gasteiger partial charge in [0, 0.05) is 6.61 Å². The quantitative estimate of drug-likeness (QED) is 0.0759. The van der Waals surface area contributed by atoms with Crippen molar-refractivity contribution in [3.05, 3.63) is 29.8 Å². The van der Waals surface area contributed by atoms with Crippen molar-refractivity contribution in [2.75, 3.05) is 139 Å². The monoisotopic (exact) mass is 682 g/mol. The fraction of sp³-hybridized carbons (Fsp3) is 0.812. The van der Waals surface area contributed by atoms with Crippen LogP contribution >= 0.6 is 0 Å². The summed E-state index contributed by atoms with van der Waals surface area (Å²) in [4.78, 5) is 0.130. The number of aryl methyl sites for hydroxylation is 1. The third-order valence-electron chi connectivity index (χ3n) is 6.02. The molecule has 0 aliphatic rings. The molecule has 0 radical (unpaired) electrons. The topological polar surface area (TPSA) is 136 Å². The van der Waals surface area contributed by atoms with Crippen molar-refractivity contribution in [1.82, 2.24) is 0 Å². The predicted molar refractivity (Wildman–Crippen MR) is 172 cm³/mol. The van der Waals surface area contributed by atoms with Crippen molar-refractivity contribution in [3.8, 4) is 0 Å². The average Bonchev–Trinajstić information content (AvgIpc) is 3.05. The summed E-state index contributed by atoms with van der Waals surface area (Å²) in [5, 5.41) is 0. The number of hydrogen-bond acceptors (Lipinski definition) is 13. The Morgan fingerprint density at radius 3 is 1.00 bits per heavy atom. The molecule has 0 saturated carbocycles. The Kier molecular flexibility index (Phi) is 30.0. The lowest BCUT2D eigenvalue weighted by Gasteiger charge is -2.09. The summed E-state index contributed by atoms with van der Waals surface area (Å²) in [6, 6.07) is 6.49. The molecular formula is C32H58O13S. The van der Waals surface area contributed by atoms with E-state index in [2.05, 4.69) is 6.92 Å². The molecule has 0 amide bonds. The molecular weight excluding hydrogens is 624 g/mol. The fourth-order valence-electron chi connectivity index (χ4n) is 3.51. The minimum Gasteiger partial charge on any atom is -0.379 e. The first-order valence-corrected chi connectivity index (χ1v) is 17.7. The highest BCUT2D eigenvalue weighted by Crippen LogP contribution is 2.12. The van der Waals surface area contributed by atoms with Gasteiger partial charge < -0.3 is 47.4 Å². The Bertz CT molecular complexity index is 871.